The van der Waals surface area contributed by atoms with E-state index in [0.717, 1.165) is 0 Å². The Morgan fingerprint density at radius 1 is 1.38 bits per heavy atom. The van der Waals surface area contributed by atoms with Crippen LogP contribution in [0.4, 0.5) is 0 Å². The molecule has 16 heavy (non-hydrogen) atoms. The maximum atomic E-state index is 11.1. The van der Waals surface area contributed by atoms with Crippen LogP contribution in [0.5, 0.6) is 0 Å². The van der Waals surface area contributed by atoms with E-state index in [4.69, 9.17) is 0 Å². The van der Waals surface area contributed by atoms with Gasteiger partial charge in [-0.2, -0.15) is 0 Å². The number of carbonyl (C=O) groups excluding carboxylic acids is 2. The van der Waals surface area contributed by atoms with Crippen LogP contribution in [0, 0.1) is 5.92 Å². The Morgan fingerprint density at radius 3 is 2.31 bits per heavy atom. The molecule has 1 aliphatic rings. The van der Waals surface area contributed by atoms with E-state index in [1.807, 2.05) is 19.2 Å². The number of carbonyl (C=O) groups is 2. The highest BCUT2D eigenvalue weighted by atomic mass is 35.5. The minimum atomic E-state index is -0.581. The van der Waals surface area contributed by atoms with E-state index in [9.17, 15) is 14.7 Å². The van der Waals surface area contributed by atoms with Gasteiger partial charge in [0.2, 0.25) is 11.8 Å². The van der Waals surface area contributed by atoms with Crippen molar-refractivity contribution >= 4 is 11.8 Å². The number of nitrogens with two attached hydrogens (primary N) is 1. The number of hydrogen-bond acceptors (Lipinski definition) is 3. The third-order valence-corrected chi connectivity index (χ3v) is 2.57. The van der Waals surface area contributed by atoms with Crippen LogP contribution in [0.3, 0.4) is 0 Å². The van der Waals surface area contributed by atoms with Gasteiger partial charge in [-0.3, -0.25) is 14.9 Å². The Bertz CT molecular complexity index is 242. The summed E-state index contributed by atoms with van der Waals surface area (Å²) in [6.45, 7) is 4.61. The molecule has 1 rings (SSSR count). The first kappa shape index (κ1) is 15.3. The molecule has 0 spiro atoms. The van der Waals surface area contributed by atoms with E-state index < -0.39 is 6.10 Å². The highest BCUT2D eigenvalue weighted by Gasteiger charge is 2.31. The van der Waals surface area contributed by atoms with Crippen LogP contribution in [-0.2, 0) is 9.59 Å². The first-order chi connectivity index (χ1) is 6.99. The van der Waals surface area contributed by atoms with Crippen molar-refractivity contribution < 1.29 is 32.4 Å². The largest absolute Gasteiger partial charge is 1.00 e. The molecule has 5 nitrogen and oxygen atoms in total. The first-order valence-corrected chi connectivity index (χ1v) is 5.33. The highest BCUT2D eigenvalue weighted by molar-refractivity contribution is 5.97. The number of hydrogen-bond donors (Lipinski definition) is 3. The van der Waals surface area contributed by atoms with Crippen molar-refractivity contribution in [3.8, 4) is 0 Å². The normalized spacial score (nSPS) is 19.2. The first-order valence-electron chi connectivity index (χ1n) is 5.33. The van der Waals surface area contributed by atoms with E-state index in [1.54, 1.807) is 0 Å². The molecular weight excluding hydrogens is 232 g/mol. The average molecular weight is 251 g/mol. The summed E-state index contributed by atoms with van der Waals surface area (Å²) in [7, 11) is 0. The molecule has 1 atom stereocenters. The van der Waals surface area contributed by atoms with Gasteiger partial charge in [0.15, 0.2) is 0 Å². The third kappa shape index (κ3) is 4.92. The SMILES string of the molecule is CC(C)[NH2+]CC(O)C1CC(=O)NC(=O)C1.[Cl-]. The number of imide groups is 1. The molecule has 1 saturated heterocycles. The Labute approximate surface area is 101 Å². The number of aliphatic hydroxyl groups excluding tert-OH is 1. The molecule has 6 heteroatoms. The van der Waals surface area contributed by atoms with Gasteiger partial charge < -0.3 is 22.8 Å². The Hall–Kier alpha value is -0.650. The summed E-state index contributed by atoms with van der Waals surface area (Å²) < 4.78 is 0. The van der Waals surface area contributed by atoms with Crippen molar-refractivity contribution in [3.63, 3.8) is 0 Å². The molecule has 1 unspecified atom stereocenters. The summed E-state index contributed by atoms with van der Waals surface area (Å²) in [5.74, 6) is -0.777. The van der Waals surface area contributed by atoms with E-state index in [1.165, 1.54) is 0 Å². The molecule has 1 fully saturated rings. The summed E-state index contributed by atoms with van der Waals surface area (Å²) in [5, 5.41) is 14.0. The van der Waals surface area contributed by atoms with E-state index in [-0.39, 0.29) is 43.0 Å². The molecule has 0 aliphatic carbocycles. The number of quaternary nitrogens is 1. The fourth-order valence-corrected chi connectivity index (χ4v) is 1.68. The lowest BCUT2D eigenvalue weighted by Gasteiger charge is -2.24. The second kappa shape index (κ2) is 6.83. The topological polar surface area (TPSA) is 83.0 Å². The number of piperidine rings is 1. The maximum absolute atomic E-state index is 11.1. The van der Waals surface area contributed by atoms with Crippen molar-refractivity contribution in [3.05, 3.63) is 0 Å². The van der Waals surface area contributed by atoms with Gasteiger partial charge in [-0.05, 0) is 13.8 Å². The van der Waals surface area contributed by atoms with Crippen LogP contribution in [0.15, 0.2) is 0 Å². The van der Waals surface area contributed by atoms with Crippen molar-refractivity contribution in [1.29, 1.82) is 0 Å². The van der Waals surface area contributed by atoms with Crippen LogP contribution in [0.1, 0.15) is 26.7 Å². The minimum Gasteiger partial charge on any atom is -1.00 e. The summed E-state index contributed by atoms with van der Waals surface area (Å²) in [5.41, 5.74) is 0. The highest BCUT2D eigenvalue weighted by Crippen LogP contribution is 2.16. The summed E-state index contributed by atoms with van der Waals surface area (Å²) >= 11 is 0. The monoisotopic (exact) mass is 250 g/mol. The number of halogens is 1. The van der Waals surface area contributed by atoms with E-state index >= 15 is 0 Å². The summed E-state index contributed by atoms with van der Waals surface area (Å²) in [6, 6.07) is 0.410. The number of aliphatic hydroxyl groups is 1. The molecule has 0 aromatic carbocycles. The van der Waals surface area contributed by atoms with Gasteiger partial charge in [0.25, 0.3) is 0 Å². The quantitative estimate of drug-likeness (QED) is 0.439. The molecule has 1 heterocycles. The van der Waals surface area contributed by atoms with Crippen LogP contribution in [0.2, 0.25) is 0 Å². The molecule has 0 aromatic heterocycles. The van der Waals surface area contributed by atoms with Gasteiger partial charge in [0.1, 0.15) is 12.6 Å². The van der Waals surface area contributed by atoms with Crippen molar-refractivity contribution in [2.75, 3.05) is 6.54 Å². The summed E-state index contributed by atoms with van der Waals surface area (Å²) in [4.78, 5) is 22.1. The molecule has 0 aromatic rings. The van der Waals surface area contributed by atoms with Crippen molar-refractivity contribution in [2.24, 2.45) is 5.92 Å². The van der Waals surface area contributed by atoms with Crippen molar-refractivity contribution in [2.45, 2.75) is 38.8 Å². The van der Waals surface area contributed by atoms with Crippen molar-refractivity contribution in [1.82, 2.24) is 5.32 Å². The smallest absolute Gasteiger partial charge is 0.226 e. The van der Waals surface area contributed by atoms with Gasteiger partial charge in [0, 0.05) is 18.8 Å². The van der Waals surface area contributed by atoms with Gasteiger partial charge in [-0.15, -0.1) is 0 Å². The number of amides is 2. The van der Waals surface area contributed by atoms with Gasteiger partial charge in [0.05, 0.1) is 6.04 Å². The lowest BCUT2D eigenvalue weighted by atomic mass is 9.91. The second-order valence-corrected chi connectivity index (χ2v) is 4.42. The standard InChI is InChI=1S/C10H18N2O3.ClH/c1-6(2)11-5-8(13)7-3-9(14)12-10(15)4-7;/h6-8,11,13H,3-5H2,1-2H3,(H,12,14,15);1H. The van der Waals surface area contributed by atoms with Crippen LogP contribution in [0.25, 0.3) is 0 Å². The second-order valence-electron chi connectivity index (χ2n) is 4.42. The fourth-order valence-electron chi connectivity index (χ4n) is 1.68. The van der Waals surface area contributed by atoms with Crippen LogP contribution < -0.4 is 23.0 Å². The van der Waals surface area contributed by atoms with Crippen LogP contribution >= 0.6 is 0 Å². The number of rotatable bonds is 4. The predicted octanol–water partition coefficient (Wildman–Crippen LogP) is -4.62. The Kier molecular flexibility index (Phi) is 6.55. The van der Waals surface area contributed by atoms with Gasteiger partial charge in [-0.1, -0.05) is 0 Å². The van der Waals surface area contributed by atoms with E-state index in [0.29, 0.717) is 12.6 Å². The molecule has 2 amide bonds. The van der Waals surface area contributed by atoms with Gasteiger partial charge in [-0.25, -0.2) is 0 Å². The molecule has 94 valence electrons. The molecule has 4 N–H and O–H groups in total. The maximum Gasteiger partial charge on any atom is 0.226 e. The summed E-state index contributed by atoms with van der Waals surface area (Å²) in [6.07, 6.45) is -0.0834. The van der Waals surface area contributed by atoms with Gasteiger partial charge >= 0.3 is 0 Å². The third-order valence-electron chi connectivity index (χ3n) is 2.57. The van der Waals surface area contributed by atoms with E-state index in [2.05, 4.69) is 5.32 Å². The zero-order chi connectivity index (χ0) is 11.4. The molecule has 0 bridgehead atoms. The lowest BCUT2D eigenvalue weighted by molar-refractivity contribution is -0.689. The number of nitrogens with one attached hydrogen (secondary N) is 1. The lowest BCUT2D eigenvalue weighted by Crippen LogP contribution is -3.00. The molecule has 0 radical (unpaired) electrons. The zero-order valence-electron chi connectivity index (χ0n) is 9.57. The Morgan fingerprint density at radius 2 is 1.88 bits per heavy atom. The average Bonchev–Trinajstić information content (AvgIpc) is 2.12. The Balaban J connectivity index is 0.00000225. The minimum absolute atomic E-state index is 0. The predicted molar refractivity (Wildman–Crippen MR) is 53.8 cm³/mol. The molecule has 0 saturated carbocycles. The fraction of sp³-hybridized carbons (Fsp3) is 0.800. The zero-order valence-corrected chi connectivity index (χ0v) is 10.3. The molecule has 1 aliphatic heterocycles. The van der Waals surface area contributed by atoms with Crippen LogP contribution in [-0.4, -0.2) is 35.6 Å². The molecular formula is C10H19ClN2O3.